The lowest BCUT2D eigenvalue weighted by Crippen LogP contribution is -2.46. The highest BCUT2D eigenvalue weighted by atomic mass is 16.6. The zero-order valence-electron chi connectivity index (χ0n) is 18.8. The van der Waals surface area contributed by atoms with Crippen LogP contribution in [0.25, 0.3) is 0 Å². The molecule has 1 aliphatic carbocycles. The van der Waals surface area contributed by atoms with Gasteiger partial charge in [-0.15, -0.1) is 0 Å². The van der Waals surface area contributed by atoms with Gasteiger partial charge < -0.3 is 14.3 Å². The van der Waals surface area contributed by atoms with Gasteiger partial charge in [-0.1, -0.05) is 65.7 Å². The lowest BCUT2D eigenvalue weighted by molar-refractivity contribution is -0.889. The topological polar surface area (TPSA) is 46.5 Å². The van der Waals surface area contributed by atoms with E-state index < -0.39 is 11.6 Å². The van der Waals surface area contributed by atoms with E-state index in [9.17, 15) is 9.90 Å². The van der Waals surface area contributed by atoms with Crippen molar-refractivity contribution >= 4 is 5.97 Å². The van der Waals surface area contributed by atoms with Crippen molar-refractivity contribution in [2.24, 2.45) is 0 Å². The number of quaternary nitrogens is 1. The van der Waals surface area contributed by atoms with Gasteiger partial charge in [0, 0.05) is 6.42 Å². The number of esters is 1. The molecule has 2 aromatic carbocycles. The van der Waals surface area contributed by atoms with Crippen LogP contribution in [0, 0.1) is 13.8 Å². The second kappa shape index (κ2) is 8.75. The molecule has 4 nitrogen and oxygen atoms in total. The fraction of sp³-hybridized carbons (Fsp3) is 0.423. The molecular formula is C26H34NO3+. The van der Waals surface area contributed by atoms with E-state index in [-0.39, 0.29) is 12.1 Å². The highest BCUT2D eigenvalue weighted by Crippen LogP contribution is 2.33. The van der Waals surface area contributed by atoms with Crippen LogP contribution in [0.15, 0.2) is 60.7 Å². The Hall–Kier alpha value is -2.43. The van der Waals surface area contributed by atoms with E-state index in [1.807, 2.05) is 38.1 Å². The first kappa shape index (κ1) is 22.3. The molecule has 0 spiro atoms. The summed E-state index contributed by atoms with van der Waals surface area (Å²) in [5, 5.41) is 11.7. The van der Waals surface area contributed by atoms with Crippen molar-refractivity contribution in [2.75, 3.05) is 21.1 Å². The van der Waals surface area contributed by atoms with E-state index in [0.29, 0.717) is 11.1 Å². The minimum atomic E-state index is -1.84. The molecule has 0 radical (unpaired) electrons. The van der Waals surface area contributed by atoms with Crippen molar-refractivity contribution in [2.45, 2.75) is 50.9 Å². The van der Waals surface area contributed by atoms with E-state index in [1.54, 1.807) is 24.3 Å². The third-order valence-corrected chi connectivity index (χ3v) is 6.02. The van der Waals surface area contributed by atoms with Crippen molar-refractivity contribution in [1.82, 2.24) is 0 Å². The molecule has 2 atom stereocenters. The fourth-order valence-corrected chi connectivity index (χ4v) is 3.91. The van der Waals surface area contributed by atoms with Crippen LogP contribution in [0.2, 0.25) is 0 Å². The van der Waals surface area contributed by atoms with Crippen LogP contribution >= 0.6 is 0 Å². The standard InChI is InChI=1S/C26H34NO3/c1-19-10-14-21(15-11-19)26(29,22-16-12-20(2)13-17-22)25(28)30-24-9-7-6-8-23(18-24)27(3,4)5/h6,8,10-17,23-24,29H,7,9,18H2,1-5H3/q+1/t23?,24-/m1/s1. The third kappa shape index (κ3) is 4.82. The lowest BCUT2D eigenvalue weighted by atomic mass is 9.85. The molecule has 0 amide bonds. The first-order chi connectivity index (χ1) is 14.1. The van der Waals surface area contributed by atoms with Crippen molar-refractivity contribution < 1.29 is 19.1 Å². The van der Waals surface area contributed by atoms with Crippen LogP contribution in [-0.4, -0.2) is 48.8 Å². The first-order valence-corrected chi connectivity index (χ1v) is 10.7. The minimum Gasteiger partial charge on any atom is -0.459 e. The Balaban J connectivity index is 1.92. The Morgan fingerprint density at radius 3 is 1.93 bits per heavy atom. The zero-order valence-corrected chi connectivity index (χ0v) is 18.8. The average Bonchev–Trinajstić information content (AvgIpc) is 2.94. The molecule has 0 saturated heterocycles. The number of benzene rings is 2. The van der Waals surface area contributed by atoms with E-state index in [0.717, 1.165) is 34.9 Å². The molecule has 3 rings (SSSR count). The van der Waals surface area contributed by atoms with E-state index in [1.165, 1.54) is 0 Å². The quantitative estimate of drug-likeness (QED) is 0.457. The average molecular weight is 409 g/mol. The van der Waals surface area contributed by atoms with Gasteiger partial charge in [-0.25, -0.2) is 4.79 Å². The van der Waals surface area contributed by atoms with E-state index in [4.69, 9.17) is 4.74 Å². The Morgan fingerprint density at radius 1 is 0.967 bits per heavy atom. The summed E-state index contributed by atoms with van der Waals surface area (Å²) in [6.45, 7) is 3.97. The molecule has 0 aliphatic heterocycles. The van der Waals surface area contributed by atoms with Gasteiger partial charge in [-0.05, 0) is 43.9 Å². The summed E-state index contributed by atoms with van der Waals surface area (Å²) in [4.78, 5) is 13.5. The Bertz CT molecular complexity index is 846. The van der Waals surface area contributed by atoms with Gasteiger partial charge >= 0.3 is 5.97 Å². The predicted octanol–water partition coefficient (Wildman–Crippen LogP) is 4.27. The lowest BCUT2D eigenvalue weighted by Gasteiger charge is -2.34. The largest absolute Gasteiger partial charge is 0.459 e. The molecule has 160 valence electrons. The SMILES string of the molecule is Cc1ccc(C(O)(C(=O)O[C@@H]2CCC=CC([N+](C)(C)C)C2)c2ccc(C)cc2)cc1. The number of rotatable bonds is 5. The van der Waals surface area contributed by atoms with Gasteiger partial charge in [0.25, 0.3) is 0 Å². The molecule has 30 heavy (non-hydrogen) atoms. The minimum absolute atomic E-state index is 0.239. The number of nitrogens with zero attached hydrogens (tertiary/aromatic N) is 1. The second-order valence-corrected chi connectivity index (χ2v) is 9.39. The molecule has 0 aromatic heterocycles. The van der Waals surface area contributed by atoms with Crippen molar-refractivity contribution in [3.05, 3.63) is 82.9 Å². The van der Waals surface area contributed by atoms with Crippen molar-refractivity contribution in [1.29, 1.82) is 0 Å². The highest BCUT2D eigenvalue weighted by Gasteiger charge is 2.43. The monoisotopic (exact) mass is 408 g/mol. The number of hydrogen-bond donors (Lipinski definition) is 1. The molecule has 1 unspecified atom stereocenters. The van der Waals surface area contributed by atoms with Crippen LogP contribution in [0.1, 0.15) is 41.5 Å². The predicted molar refractivity (Wildman–Crippen MR) is 120 cm³/mol. The number of carbonyl (C=O) groups excluding carboxylic acids is 1. The smallest absolute Gasteiger partial charge is 0.347 e. The molecule has 0 heterocycles. The van der Waals surface area contributed by atoms with Crippen LogP contribution in [0.5, 0.6) is 0 Å². The molecule has 0 fully saturated rings. The van der Waals surface area contributed by atoms with Gasteiger partial charge in [-0.3, -0.25) is 0 Å². The second-order valence-electron chi connectivity index (χ2n) is 9.39. The number of likely N-dealkylation sites (N-methyl/N-ethyl adjacent to an activating group) is 1. The molecule has 0 bridgehead atoms. The van der Waals surface area contributed by atoms with Gasteiger partial charge in [0.05, 0.1) is 21.1 Å². The summed E-state index contributed by atoms with van der Waals surface area (Å²) in [6.07, 6.45) is 6.52. The van der Waals surface area contributed by atoms with Crippen LogP contribution < -0.4 is 0 Å². The summed E-state index contributed by atoms with van der Waals surface area (Å²) >= 11 is 0. The summed E-state index contributed by atoms with van der Waals surface area (Å²) in [7, 11) is 6.44. The summed E-state index contributed by atoms with van der Waals surface area (Å²) in [6, 6.07) is 15.1. The highest BCUT2D eigenvalue weighted by molar-refractivity contribution is 5.85. The first-order valence-electron chi connectivity index (χ1n) is 10.7. The van der Waals surface area contributed by atoms with Gasteiger partial charge in [-0.2, -0.15) is 0 Å². The maximum atomic E-state index is 13.5. The molecule has 0 saturated carbocycles. The van der Waals surface area contributed by atoms with Gasteiger partial charge in [0.2, 0.25) is 5.60 Å². The Kier molecular flexibility index (Phi) is 6.49. The molecule has 1 N–H and O–H groups in total. The number of aryl methyl sites for hydroxylation is 2. The van der Waals surface area contributed by atoms with Crippen LogP contribution in [0.4, 0.5) is 0 Å². The zero-order chi connectivity index (χ0) is 21.9. The molecule has 4 heteroatoms. The number of ether oxygens (including phenoxy) is 1. The van der Waals surface area contributed by atoms with E-state index in [2.05, 4.69) is 33.3 Å². The van der Waals surface area contributed by atoms with Crippen molar-refractivity contribution in [3.8, 4) is 0 Å². The third-order valence-electron chi connectivity index (χ3n) is 6.02. The summed E-state index contributed by atoms with van der Waals surface area (Å²) in [5.41, 5.74) is 1.35. The number of allylic oxidation sites excluding steroid dienone is 1. The number of carbonyl (C=O) groups is 1. The maximum absolute atomic E-state index is 13.5. The van der Waals surface area contributed by atoms with Gasteiger partial charge in [0.1, 0.15) is 12.1 Å². The Labute approximate surface area is 180 Å². The maximum Gasteiger partial charge on any atom is 0.347 e. The molecule has 1 aliphatic rings. The molecular weight excluding hydrogens is 374 g/mol. The van der Waals surface area contributed by atoms with Crippen LogP contribution in [0.3, 0.4) is 0 Å². The van der Waals surface area contributed by atoms with Crippen LogP contribution in [-0.2, 0) is 15.1 Å². The normalized spacial score (nSPS) is 19.9. The number of hydrogen-bond acceptors (Lipinski definition) is 3. The summed E-state index contributed by atoms with van der Waals surface area (Å²) < 4.78 is 6.76. The fourth-order valence-electron chi connectivity index (χ4n) is 3.91. The molecule has 2 aromatic rings. The number of aliphatic hydroxyl groups is 1. The Morgan fingerprint density at radius 2 is 1.47 bits per heavy atom. The van der Waals surface area contributed by atoms with Gasteiger partial charge in [0.15, 0.2) is 0 Å². The van der Waals surface area contributed by atoms with E-state index >= 15 is 0 Å². The summed E-state index contributed by atoms with van der Waals surface area (Å²) in [5.74, 6) is -0.609. The van der Waals surface area contributed by atoms with Crippen molar-refractivity contribution in [3.63, 3.8) is 0 Å².